The second kappa shape index (κ2) is 8.44. The Labute approximate surface area is 177 Å². The SMILES string of the molecule is c1ccc(C(c2ccccc2)N2CCN(C3=Nc4ccccc4CS3)CC2)cc1. The van der Waals surface area contributed by atoms with Gasteiger partial charge in [0.25, 0.3) is 0 Å². The number of rotatable bonds is 3. The van der Waals surface area contributed by atoms with Crippen molar-refractivity contribution >= 4 is 22.6 Å². The Bertz CT molecular complexity index is 940. The van der Waals surface area contributed by atoms with Crippen molar-refractivity contribution < 1.29 is 0 Å². The molecule has 0 bridgehead atoms. The second-order valence-electron chi connectivity index (χ2n) is 7.56. The van der Waals surface area contributed by atoms with Gasteiger partial charge in [0.15, 0.2) is 5.17 Å². The Morgan fingerprint density at radius 1 is 0.690 bits per heavy atom. The van der Waals surface area contributed by atoms with Crippen molar-refractivity contribution in [2.75, 3.05) is 26.2 Å². The van der Waals surface area contributed by atoms with Crippen molar-refractivity contribution in [1.29, 1.82) is 0 Å². The van der Waals surface area contributed by atoms with Gasteiger partial charge in [0, 0.05) is 31.9 Å². The summed E-state index contributed by atoms with van der Waals surface area (Å²) in [5.41, 5.74) is 5.21. The van der Waals surface area contributed by atoms with Crippen LogP contribution < -0.4 is 0 Å². The minimum atomic E-state index is 0.307. The van der Waals surface area contributed by atoms with Gasteiger partial charge in [-0.05, 0) is 22.8 Å². The number of hydrogen-bond donors (Lipinski definition) is 0. The van der Waals surface area contributed by atoms with Gasteiger partial charge < -0.3 is 4.90 Å². The maximum atomic E-state index is 4.94. The molecule has 0 amide bonds. The lowest BCUT2D eigenvalue weighted by Crippen LogP contribution is -2.49. The highest BCUT2D eigenvalue weighted by atomic mass is 32.2. The standard InChI is InChI=1S/C25H25N3S/c1-3-9-20(10-4-1)24(21-11-5-2-6-12-21)27-15-17-28(18-16-27)25-26-23-14-8-7-13-22(23)19-29-25/h1-14,24H,15-19H2. The molecular formula is C25H25N3S. The number of piperazine rings is 1. The van der Waals surface area contributed by atoms with Gasteiger partial charge in [-0.1, -0.05) is 90.6 Å². The van der Waals surface area contributed by atoms with Crippen LogP contribution in [-0.4, -0.2) is 41.1 Å². The molecule has 4 heteroatoms. The van der Waals surface area contributed by atoms with Gasteiger partial charge >= 0.3 is 0 Å². The molecule has 0 N–H and O–H groups in total. The van der Waals surface area contributed by atoms with Crippen LogP contribution in [0.1, 0.15) is 22.7 Å². The number of fused-ring (bicyclic) bond motifs is 1. The maximum absolute atomic E-state index is 4.94. The minimum Gasteiger partial charge on any atom is -0.349 e. The van der Waals surface area contributed by atoms with Crippen LogP contribution in [0.4, 0.5) is 5.69 Å². The van der Waals surface area contributed by atoms with E-state index >= 15 is 0 Å². The Balaban J connectivity index is 1.34. The fraction of sp³-hybridized carbons (Fsp3) is 0.240. The summed E-state index contributed by atoms with van der Waals surface area (Å²) in [6, 6.07) is 30.6. The number of aliphatic imine (C=N–C) groups is 1. The van der Waals surface area contributed by atoms with Crippen molar-refractivity contribution in [3.8, 4) is 0 Å². The Kier molecular flexibility index (Phi) is 5.37. The monoisotopic (exact) mass is 399 g/mol. The molecule has 0 saturated carbocycles. The third kappa shape index (κ3) is 3.96. The van der Waals surface area contributed by atoms with Crippen LogP contribution in [0.5, 0.6) is 0 Å². The van der Waals surface area contributed by atoms with Crippen LogP contribution in [0.2, 0.25) is 0 Å². The third-order valence-corrected chi connectivity index (χ3v) is 6.81. The molecule has 1 fully saturated rings. The number of hydrogen-bond acceptors (Lipinski definition) is 4. The van der Waals surface area contributed by atoms with Gasteiger partial charge in [0.1, 0.15) is 0 Å². The highest BCUT2D eigenvalue weighted by Crippen LogP contribution is 2.33. The van der Waals surface area contributed by atoms with Gasteiger partial charge in [-0.2, -0.15) is 0 Å². The Morgan fingerprint density at radius 3 is 1.93 bits per heavy atom. The molecule has 146 valence electrons. The molecule has 1 saturated heterocycles. The molecule has 2 heterocycles. The number of para-hydroxylation sites is 1. The molecule has 0 unspecified atom stereocenters. The lowest BCUT2D eigenvalue weighted by molar-refractivity contribution is 0.152. The zero-order chi connectivity index (χ0) is 19.5. The van der Waals surface area contributed by atoms with Gasteiger partial charge in [-0.25, -0.2) is 4.99 Å². The van der Waals surface area contributed by atoms with E-state index in [1.807, 2.05) is 11.8 Å². The first-order valence-corrected chi connectivity index (χ1v) is 11.3. The van der Waals surface area contributed by atoms with Crippen LogP contribution in [0.15, 0.2) is 89.9 Å². The number of nitrogens with zero attached hydrogens (tertiary/aromatic N) is 3. The largest absolute Gasteiger partial charge is 0.349 e. The van der Waals surface area contributed by atoms with Crippen molar-refractivity contribution in [2.24, 2.45) is 4.99 Å². The van der Waals surface area contributed by atoms with Crippen LogP contribution >= 0.6 is 11.8 Å². The van der Waals surface area contributed by atoms with Crippen LogP contribution in [-0.2, 0) is 5.75 Å². The predicted octanol–water partition coefficient (Wildman–Crippen LogP) is 5.33. The normalized spacial score (nSPS) is 17.1. The average molecular weight is 400 g/mol. The van der Waals surface area contributed by atoms with E-state index in [1.54, 1.807) is 0 Å². The molecule has 2 aliphatic heterocycles. The maximum Gasteiger partial charge on any atom is 0.164 e. The molecule has 2 aliphatic rings. The lowest BCUT2D eigenvalue weighted by atomic mass is 9.96. The Hall–Kier alpha value is -2.56. The van der Waals surface area contributed by atoms with Crippen LogP contribution in [0, 0.1) is 0 Å². The van der Waals surface area contributed by atoms with E-state index in [9.17, 15) is 0 Å². The third-order valence-electron chi connectivity index (χ3n) is 5.75. The molecule has 0 aliphatic carbocycles. The quantitative estimate of drug-likeness (QED) is 0.593. The van der Waals surface area contributed by atoms with Crippen LogP contribution in [0.25, 0.3) is 0 Å². The number of thioether (sulfide) groups is 1. The molecule has 3 aromatic rings. The lowest BCUT2D eigenvalue weighted by Gasteiger charge is -2.41. The topological polar surface area (TPSA) is 18.8 Å². The first kappa shape index (κ1) is 18.5. The van der Waals surface area contributed by atoms with E-state index in [2.05, 4.69) is 94.7 Å². The smallest absolute Gasteiger partial charge is 0.164 e. The van der Waals surface area contributed by atoms with Crippen molar-refractivity contribution in [3.63, 3.8) is 0 Å². The Morgan fingerprint density at radius 2 is 1.28 bits per heavy atom. The summed E-state index contributed by atoms with van der Waals surface area (Å²) >= 11 is 1.87. The zero-order valence-electron chi connectivity index (χ0n) is 16.4. The van der Waals surface area contributed by atoms with E-state index < -0.39 is 0 Å². The van der Waals surface area contributed by atoms with Crippen molar-refractivity contribution in [1.82, 2.24) is 9.80 Å². The van der Waals surface area contributed by atoms with Gasteiger partial charge in [-0.3, -0.25) is 4.90 Å². The fourth-order valence-electron chi connectivity index (χ4n) is 4.24. The van der Waals surface area contributed by atoms with Gasteiger partial charge in [-0.15, -0.1) is 0 Å². The van der Waals surface area contributed by atoms with Crippen LogP contribution in [0.3, 0.4) is 0 Å². The molecule has 3 aromatic carbocycles. The first-order chi connectivity index (χ1) is 14.4. The number of amidine groups is 1. The minimum absolute atomic E-state index is 0.307. The van der Waals surface area contributed by atoms with Gasteiger partial charge in [0.2, 0.25) is 0 Å². The van der Waals surface area contributed by atoms with E-state index in [4.69, 9.17) is 4.99 Å². The van der Waals surface area contributed by atoms with E-state index in [-0.39, 0.29) is 0 Å². The summed E-state index contributed by atoms with van der Waals surface area (Å²) in [5.74, 6) is 1.02. The summed E-state index contributed by atoms with van der Waals surface area (Å²) in [5, 5.41) is 1.18. The number of benzene rings is 3. The van der Waals surface area contributed by atoms with E-state index in [1.165, 1.54) is 21.9 Å². The second-order valence-corrected chi connectivity index (χ2v) is 8.50. The highest BCUT2D eigenvalue weighted by Gasteiger charge is 2.28. The van der Waals surface area contributed by atoms with Crippen molar-refractivity contribution in [3.05, 3.63) is 102 Å². The van der Waals surface area contributed by atoms with E-state index in [0.717, 1.165) is 37.6 Å². The first-order valence-electron chi connectivity index (χ1n) is 10.3. The molecular weight excluding hydrogens is 374 g/mol. The summed E-state index contributed by atoms with van der Waals surface area (Å²) in [4.78, 5) is 10.0. The molecule has 5 rings (SSSR count). The summed E-state index contributed by atoms with van der Waals surface area (Å²) in [6.07, 6.45) is 0. The molecule has 0 atom stereocenters. The predicted molar refractivity (Wildman–Crippen MR) is 123 cm³/mol. The summed E-state index contributed by atoms with van der Waals surface area (Å²) in [7, 11) is 0. The molecule has 3 nitrogen and oxygen atoms in total. The molecule has 0 spiro atoms. The zero-order valence-corrected chi connectivity index (χ0v) is 17.3. The molecule has 29 heavy (non-hydrogen) atoms. The molecule has 0 radical (unpaired) electrons. The highest BCUT2D eigenvalue weighted by molar-refractivity contribution is 8.13. The van der Waals surface area contributed by atoms with Crippen molar-refractivity contribution in [2.45, 2.75) is 11.8 Å². The summed E-state index contributed by atoms with van der Waals surface area (Å²) in [6.45, 7) is 4.11. The fourth-order valence-corrected chi connectivity index (χ4v) is 5.29. The molecule has 0 aromatic heterocycles. The van der Waals surface area contributed by atoms with Gasteiger partial charge in [0.05, 0.1) is 11.7 Å². The average Bonchev–Trinajstić information content (AvgIpc) is 2.81. The van der Waals surface area contributed by atoms with E-state index in [0.29, 0.717) is 6.04 Å². The summed E-state index contributed by atoms with van der Waals surface area (Å²) < 4.78 is 0.